The molecule has 2 nitrogen and oxygen atoms in total. The number of likely N-dealkylation sites (tertiary alicyclic amines) is 1. The van der Waals surface area contributed by atoms with E-state index in [9.17, 15) is 0 Å². The van der Waals surface area contributed by atoms with Gasteiger partial charge in [-0.2, -0.15) is 0 Å². The smallest absolute Gasteiger partial charge is 0.128 e. The molecule has 0 saturated carbocycles. The zero-order valence-corrected chi connectivity index (χ0v) is 8.72. The zero-order valence-electron chi connectivity index (χ0n) is 7.96. The highest BCUT2D eigenvalue weighted by molar-refractivity contribution is 6.31. The van der Waals surface area contributed by atoms with Crippen LogP contribution in [0.4, 0.5) is 0 Å². The van der Waals surface area contributed by atoms with Crippen molar-refractivity contribution in [1.82, 2.24) is 4.90 Å². The lowest BCUT2D eigenvalue weighted by Gasteiger charge is -2.18. The minimum atomic E-state index is 0.602. The number of hydrogen-bond acceptors (Lipinski definition) is 1. The van der Waals surface area contributed by atoms with E-state index in [4.69, 9.17) is 17.0 Å². The third-order valence-electron chi connectivity index (χ3n) is 2.52. The van der Waals surface area contributed by atoms with Crippen LogP contribution in [-0.2, 0) is 0 Å². The molecule has 0 spiro atoms. The molecule has 74 valence electrons. The average Bonchev–Trinajstić information content (AvgIpc) is 2.69. The summed E-state index contributed by atoms with van der Waals surface area (Å²) in [4.78, 5) is 2.10. The molecular formula is C11H13ClN2. The highest BCUT2D eigenvalue weighted by Crippen LogP contribution is 2.15. The van der Waals surface area contributed by atoms with Crippen molar-refractivity contribution in [2.24, 2.45) is 0 Å². The molecule has 14 heavy (non-hydrogen) atoms. The van der Waals surface area contributed by atoms with Gasteiger partial charge < -0.3 is 4.90 Å². The molecule has 1 saturated heterocycles. The molecule has 0 aliphatic carbocycles. The van der Waals surface area contributed by atoms with E-state index in [-0.39, 0.29) is 0 Å². The Hall–Kier alpha value is -1.02. The van der Waals surface area contributed by atoms with Crippen LogP contribution < -0.4 is 0 Å². The molecule has 1 aliphatic rings. The summed E-state index contributed by atoms with van der Waals surface area (Å²) in [5.41, 5.74) is 0.916. The Morgan fingerprint density at radius 1 is 1.29 bits per heavy atom. The fraction of sp³-hybridized carbons (Fsp3) is 0.364. The number of nitrogens with zero attached hydrogens (tertiary/aromatic N) is 1. The number of rotatable bonds is 1. The first-order valence-corrected chi connectivity index (χ1v) is 5.24. The number of hydrogen-bond donors (Lipinski definition) is 1. The molecule has 1 aromatic carbocycles. The van der Waals surface area contributed by atoms with Crippen LogP contribution in [-0.4, -0.2) is 23.8 Å². The summed E-state index contributed by atoms with van der Waals surface area (Å²) >= 11 is 5.88. The molecule has 1 aliphatic heterocycles. The van der Waals surface area contributed by atoms with Crippen molar-refractivity contribution in [3.05, 3.63) is 34.9 Å². The van der Waals surface area contributed by atoms with Gasteiger partial charge in [-0.15, -0.1) is 0 Å². The van der Waals surface area contributed by atoms with Crippen molar-refractivity contribution in [3.63, 3.8) is 0 Å². The third-order valence-corrected chi connectivity index (χ3v) is 2.76. The SMILES string of the molecule is N=C(c1cccc(Cl)c1)N1CCCC1. The lowest BCUT2D eigenvalue weighted by atomic mass is 10.2. The van der Waals surface area contributed by atoms with Crippen LogP contribution in [0, 0.1) is 5.41 Å². The maximum absolute atomic E-state index is 7.99. The van der Waals surface area contributed by atoms with Gasteiger partial charge in [0.25, 0.3) is 0 Å². The first-order chi connectivity index (χ1) is 6.77. The van der Waals surface area contributed by atoms with Crippen molar-refractivity contribution >= 4 is 17.4 Å². The number of nitrogens with one attached hydrogen (secondary N) is 1. The van der Waals surface area contributed by atoms with Crippen molar-refractivity contribution < 1.29 is 0 Å². The lowest BCUT2D eigenvalue weighted by molar-refractivity contribution is 0.517. The van der Waals surface area contributed by atoms with Gasteiger partial charge in [-0.1, -0.05) is 23.7 Å². The number of halogens is 1. The molecule has 1 heterocycles. The molecule has 0 amide bonds. The zero-order chi connectivity index (χ0) is 9.97. The van der Waals surface area contributed by atoms with Crippen molar-refractivity contribution in [2.75, 3.05) is 13.1 Å². The minimum Gasteiger partial charge on any atom is -0.357 e. The van der Waals surface area contributed by atoms with Gasteiger partial charge >= 0.3 is 0 Å². The second-order valence-corrected chi connectivity index (χ2v) is 3.99. The highest BCUT2D eigenvalue weighted by Gasteiger charge is 2.15. The maximum atomic E-state index is 7.99. The van der Waals surface area contributed by atoms with Gasteiger partial charge in [0.15, 0.2) is 0 Å². The van der Waals surface area contributed by atoms with Crippen LogP contribution in [0.3, 0.4) is 0 Å². The number of benzene rings is 1. The quantitative estimate of drug-likeness (QED) is 0.558. The van der Waals surface area contributed by atoms with E-state index in [1.54, 1.807) is 0 Å². The third kappa shape index (κ3) is 1.90. The highest BCUT2D eigenvalue weighted by atomic mass is 35.5. The van der Waals surface area contributed by atoms with Crippen molar-refractivity contribution in [1.29, 1.82) is 5.41 Å². The van der Waals surface area contributed by atoms with Gasteiger partial charge in [-0.05, 0) is 25.0 Å². The summed E-state index contributed by atoms with van der Waals surface area (Å²) in [7, 11) is 0. The van der Waals surface area contributed by atoms with Crippen LogP contribution in [0.2, 0.25) is 5.02 Å². The van der Waals surface area contributed by atoms with E-state index in [1.807, 2.05) is 24.3 Å². The van der Waals surface area contributed by atoms with Crippen LogP contribution in [0.15, 0.2) is 24.3 Å². The molecule has 0 atom stereocenters. The van der Waals surface area contributed by atoms with E-state index >= 15 is 0 Å². The molecule has 0 unspecified atom stereocenters. The lowest BCUT2D eigenvalue weighted by Crippen LogP contribution is -2.27. The summed E-state index contributed by atoms with van der Waals surface area (Å²) in [6.45, 7) is 2.01. The molecule has 1 aromatic rings. The van der Waals surface area contributed by atoms with Gasteiger partial charge in [0.05, 0.1) is 0 Å². The fourth-order valence-corrected chi connectivity index (χ4v) is 1.95. The Kier molecular flexibility index (Phi) is 2.73. The van der Waals surface area contributed by atoms with Crippen molar-refractivity contribution in [2.45, 2.75) is 12.8 Å². The number of amidine groups is 1. The summed E-state index contributed by atoms with van der Waals surface area (Å²) in [5, 5.41) is 8.69. The Balaban J connectivity index is 2.17. The summed E-state index contributed by atoms with van der Waals surface area (Å²) in [6, 6.07) is 7.51. The van der Waals surface area contributed by atoms with Crippen LogP contribution in [0.5, 0.6) is 0 Å². The van der Waals surface area contributed by atoms with Crippen molar-refractivity contribution in [3.8, 4) is 0 Å². The molecule has 0 aromatic heterocycles. The van der Waals surface area contributed by atoms with Gasteiger partial charge in [0.1, 0.15) is 5.84 Å². The average molecular weight is 209 g/mol. The molecular weight excluding hydrogens is 196 g/mol. The minimum absolute atomic E-state index is 0.602. The van der Waals surface area contributed by atoms with Crippen LogP contribution in [0.1, 0.15) is 18.4 Å². The summed E-state index contributed by atoms with van der Waals surface area (Å²) in [6.07, 6.45) is 2.39. The Bertz CT molecular complexity index is 343. The fourth-order valence-electron chi connectivity index (χ4n) is 1.76. The van der Waals surface area contributed by atoms with Crippen LogP contribution >= 0.6 is 11.6 Å². The van der Waals surface area contributed by atoms with Gasteiger partial charge in [-0.3, -0.25) is 5.41 Å². The summed E-state index contributed by atoms with van der Waals surface area (Å²) in [5.74, 6) is 0.602. The van der Waals surface area contributed by atoms with Crippen LogP contribution in [0.25, 0.3) is 0 Å². The van der Waals surface area contributed by atoms with E-state index in [2.05, 4.69) is 4.90 Å². The Labute approximate surface area is 89.0 Å². The van der Waals surface area contributed by atoms with E-state index in [0.717, 1.165) is 18.7 Å². The second kappa shape index (κ2) is 4.01. The predicted molar refractivity (Wildman–Crippen MR) is 59.1 cm³/mol. The van der Waals surface area contributed by atoms with E-state index < -0.39 is 0 Å². The van der Waals surface area contributed by atoms with Gasteiger partial charge in [-0.25, -0.2) is 0 Å². The summed E-state index contributed by atoms with van der Waals surface area (Å²) < 4.78 is 0. The molecule has 1 N–H and O–H groups in total. The predicted octanol–water partition coefficient (Wildman–Crippen LogP) is 2.76. The van der Waals surface area contributed by atoms with E-state index in [0.29, 0.717) is 10.9 Å². The van der Waals surface area contributed by atoms with E-state index in [1.165, 1.54) is 12.8 Å². The first kappa shape index (κ1) is 9.53. The molecule has 0 bridgehead atoms. The van der Waals surface area contributed by atoms with Gasteiger partial charge in [0, 0.05) is 23.7 Å². The maximum Gasteiger partial charge on any atom is 0.128 e. The normalized spacial score (nSPS) is 15.9. The standard InChI is InChI=1S/C11H13ClN2/c12-10-5-3-4-9(8-10)11(13)14-6-1-2-7-14/h3-5,8,13H,1-2,6-7H2. The molecule has 1 fully saturated rings. The topological polar surface area (TPSA) is 27.1 Å². The molecule has 0 radical (unpaired) electrons. The van der Waals surface area contributed by atoms with Gasteiger partial charge in [0.2, 0.25) is 0 Å². The molecule has 2 rings (SSSR count). The second-order valence-electron chi connectivity index (χ2n) is 3.55. The monoisotopic (exact) mass is 208 g/mol. The molecule has 3 heteroatoms. The Morgan fingerprint density at radius 3 is 2.64 bits per heavy atom. The Morgan fingerprint density at radius 2 is 2.00 bits per heavy atom. The largest absolute Gasteiger partial charge is 0.357 e. The first-order valence-electron chi connectivity index (χ1n) is 4.87.